The Morgan fingerprint density at radius 1 is 1.33 bits per heavy atom. The number of amides is 1. The quantitative estimate of drug-likeness (QED) is 0.850. The van der Waals surface area contributed by atoms with Gasteiger partial charge in [-0.15, -0.1) is 0 Å². The fourth-order valence-electron chi connectivity index (χ4n) is 1.95. The number of carbonyl (C=O) groups is 1. The van der Waals surface area contributed by atoms with E-state index in [1.807, 2.05) is 45.9 Å². The van der Waals surface area contributed by atoms with Gasteiger partial charge >= 0.3 is 0 Å². The van der Waals surface area contributed by atoms with Gasteiger partial charge in [0.05, 0.1) is 11.5 Å². The Morgan fingerprint density at radius 2 is 1.83 bits per heavy atom. The van der Waals surface area contributed by atoms with Gasteiger partial charge in [-0.1, -0.05) is 30.4 Å². The average Bonchev–Trinajstić information content (AvgIpc) is 2.24. The van der Waals surface area contributed by atoms with Gasteiger partial charge in [-0.25, -0.2) is 0 Å². The molecule has 0 atom stereocenters. The molecule has 1 aromatic carbocycles. The highest BCUT2D eigenvalue weighted by Crippen LogP contribution is 2.17. The standard InChI is InChI=1S/C14H20N2OS/c1-9(2)16(8-12(15)18)14(17)13-10(3)6-5-7-11(13)4/h5-7,9H,8H2,1-4H3,(H2,15,18). The molecule has 0 bridgehead atoms. The SMILES string of the molecule is Cc1cccc(C)c1C(=O)N(CC(N)=S)C(C)C. The lowest BCUT2D eigenvalue weighted by Gasteiger charge is -2.27. The van der Waals surface area contributed by atoms with Crippen molar-refractivity contribution in [3.05, 3.63) is 34.9 Å². The first-order chi connectivity index (χ1) is 8.34. The fraction of sp³-hybridized carbons (Fsp3) is 0.429. The second-order valence-electron chi connectivity index (χ2n) is 4.76. The monoisotopic (exact) mass is 264 g/mol. The summed E-state index contributed by atoms with van der Waals surface area (Å²) in [5, 5.41) is 0. The van der Waals surface area contributed by atoms with Crippen LogP contribution in [-0.2, 0) is 0 Å². The molecule has 3 nitrogen and oxygen atoms in total. The third kappa shape index (κ3) is 3.29. The minimum atomic E-state index is -0.00611. The molecule has 2 N–H and O–H groups in total. The van der Waals surface area contributed by atoms with E-state index >= 15 is 0 Å². The van der Waals surface area contributed by atoms with Crippen LogP contribution in [0, 0.1) is 13.8 Å². The minimum Gasteiger partial charge on any atom is -0.392 e. The zero-order chi connectivity index (χ0) is 13.9. The molecule has 1 aromatic rings. The maximum absolute atomic E-state index is 12.6. The lowest BCUT2D eigenvalue weighted by Crippen LogP contribution is -2.42. The fourth-order valence-corrected chi connectivity index (χ4v) is 2.09. The van der Waals surface area contributed by atoms with Crippen LogP contribution in [0.15, 0.2) is 18.2 Å². The smallest absolute Gasteiger partial charge is 0.255 e. The Balaban J connectivity index is 3.14. The van der Waals surface area contributed by atoms with Crippen LogP contribution < -0.4 is 5.73 Å². The number of nitrogens with zero attached hydrogens (tertiary/aromatic N) is 1. The van der Waals surface area contributed by atoms with E-state index in [-0.39, 0.29) is 11.9 Å². The molecule has 18 heavy (non-hydrogen) atoms. The van der Waals surface area contributed by atoms with Gasteiger partial charge in [0.25, 0.3) is 5.91 Å². The number of nitrogens with two attached hydrogens (primary N) is 1. The van der Waals surface area contributed by atoms with Crippen LogP contribution in [0.2, 0.25) is 0 Å². The highest BCUT2D eigenvalue weighted by Gasteiger charge is 2.22. The number of thiocarbonyl (C=S) groups is 1. The van der Waals surface area contributed by atoms with Crippen molar-refractivity contribution in [1.29, 1.82) is 0 Å². The van der Waals surface area contributed by atoms with E-state index in [0.717, 1.165) is 16.7 Å². The average molecular weight is 264 g/mol. The summed E-state index contributed by atoms with van der Waals surface area (Å²) in [6, 6.07) is 5.91. The molecular weight excluding hydrogens is 244 g/mol. The molecule has 4 heteroatoms. The molecule has 0 aliphatic rings. The van der Waals surface area contributed by atoms with Crippen LogP contribution in [-0.4, -0.2) is 28.4 Å². The molecule has 0 heterocycles. The third-order valence-corrected chi connectivity index (χ3v) is 3.03. The molecule has 0 spiro atoms. The van der Waals surface area contributed by atoms with Crippen molar-refractivity contribution in [1.82, 2.24) is 4.90 Å². The number of benzene rings is 1. The summed E-state index contributed by atoms with van der Waals surface area (Å²) in [4.78, 5) is 14.6. The van der Waals surface area contributed by atoms with Gasteiger partial charge in [0, 0.05) is 11.6 Å². The van der Waals surface area contributed by atoms with Crippen molar-refractivity contribution in [3.63, 3.8) is 0 Å². The highest BCUT2D eigenvalue weighted by atomic mass is 32.1. The van der Waals surface area contributed by atoms with E-state index < -0.39 is 0 Å². The van der Waals surface area contributed by atoms with E-state index in [1.165, 1.54) is 0 Å². The lowest BCUT2D eigenvalue weighted by molar-refractivity contribution is 0.0734. The van der Waals surface area contributed by atoms with Gasteiger partial charge in [0.1, 0.15) is 0 Å². The second kappa shape index (κ2) is 5.96. The van der Waals surface area contributed by atoms with Gasteiger partial charge < -0.3 is 10.6 Å². The number of rotatable bonds is 4. The van der Waals surface area contributed by atoms with Crippen LogP contribution in [0.1, 0.15) is 35.3 Å². The Hall–Kier alpha value is -1.42. The summed E-state index contributed by atoms with van der Waals surface area (Å²) < 4.78 is 0. The maximum atomic E-state index is 12.6. The third-order valence-electron chi connectivity index (χ3n) is 2.91. The van der Waals surface area contributed by atoms with E-state index in [4.69, 9.17) is 18.0 Å². The van der Waals surface area contributed by atoms with Crippen molar-refractivity contribution in [2.45, 2.75) is 33.7 Å². The van der Waals surface area contributed by atoms with Crippen molar-refractivity contribution >= 4 is 23.1 Å². The summed E-state index contributed by atoms with van der Waals surface area (Å²) in [5.74, 6) is -0.00611. The van der Waals surface area contributed by atoms with Crippen LogP contribution in [0.5, 0.6) is 0 Å². The number of carbonyl (C=O) groups excluding carboxylic acids is 1. The molecule has 1 amide bonds. The first kappa shape index (κ1) is 14.6. The molecule has 0 aliphatic carbocycles. The predicted molar refractivity (Wildman–Crippen MR) is 78.9 cm³/mol. The molecule has 0 fully saturated rings. The summed E-state index contributed by atoms with van der Waals surface area (Å²) in [7, 11) is 0. The second-order valence-corrected chi connectivity index (χ2v) is 5.28. The van der Waals surface area contributed by atoms with Gasteiger partial charge in [-0.05, 0) is 38.8 Å². The Bertz CT molecular complexity index is 449. The van der Waals surface area contributed by atoms with Crippen LogP contribution in [0.4, 0.5) is 0 Å². The molecule has 1 rings (SSSR count). The number of hydrogen-bond acceptors (Lipinski definition) is 2. The van der Waals surface area contributed by atoms with Crippen LogP contribution in [0.25, 0.3) is 0 Å². The number of hydrogen-bond donors (Lipinski definition) is 1. The van der Waals surface area contributed by atoms with Crippen molar-refractivity contribution in [3.8, 4) is 0 Å². The lowest BCUT2D eigenvalue weighted by atomic mass is 10.0. The van der Waals surface area contributed by atoms with Gasteiger partial charge in [-0.2, -0.15) is 0 Å². The zero-order valence-electron chi connectivity index (χ0n) is 11.4. The van der Waals surface area contributed by atoms with Gasteiger partial charge in [-0.3, -0.25) is 4.79 Å². The van der Waals surface area contributed by atoms with Crippen LogP contribution in [0.3, 0.4) is 0 Å². The predicted octanol–water partition coefficient (Wildman–Crippen LogP) is 2.44. The molecule has 0 saturated heterocycles. The molecule has 98 valence electrons. The molecular formula is C14H20N2OS. The molecule has 0 unspecified atom stereocenters. The van der Waals surface area contributed by atoms with Gasteiger partial charge in [0.15, 0.2) is 0 Å². The molecule has 0 aliphatic heterocycles. The number of aryl methyl sites for hydroxylation is 2. The van der Waals surface area contributed by atoms with E-state index in [9.17, 15) is 4.79 Å². The van der Waals surface area contributed by atoms with Crippen molar-refractivity contribution in [2.24, 2.45) is 5.73 Å². The Kier molecular flexibility index (Phi) is 4.84. The largest absolute Gasteiger partial charge is 0.392 e. The summed E-state index contributed by atoms with van der Waals surface area (Å²) in [5.41, 5.74) is 8.27. The van der Waals surface area contributed by atoms with Crippen molar-refractivity contribution < 1.29 is 4.79 Å². The first-order valence-electron chi connectivity index (χ1n) is 6.00. The highest BCUT2D eigenvalue weighted by molar-refractivity contribution is 7.80. The summed E-state index contributed by atoms with van der Waals surface area (Å²) >= 11 is 4.91. The first-order valence-corrected chi connectivity index (χ1v) is 6.41. The normalized spacial score (nSPS) is 10.5. The molecule has 0 saturated carbocycles. The Labute approximate surface area is 114 Å². The molecule has 0 aromatic heterocycles. The minimum absolute atomic E-state index is 0.00611. The summed E-state index contributed by atoms with van der Waals surface area (Å²) in [6.07, 6.45) is 0. The topological polar surface area (TPSA) is 46.3 Å². The summed E-state index contributed by atoms with van der Waals surface area (Å²) in [6.45, 7) is 8.13. The Morgan fingerprint density at radius 3 is 2.22 bits per heavy atom. The van der Waals surface area contributed by atoms with E-state index in [2.05, 4.69) is 0 Å². The molecule has 0 radical (unpaired) electrons. The van der Waals surface area contributed by atoms with Crippen molar-refractivity contribution in [2.75, 3.05) is 6.54 Å². The van der Waals surface area contributed by atoms with E-state index in [0.29, 0.717) is 11.5 Å². The zero-order valence-corrected chi connectivity index (χ0v) is 12.2. The van der Waals surface area contributed by atoms with Crippen LogP contribution >= 0.6 is 12.2 Å². The van der Waals surface area contributed by atoms with E-state index in [1.54, 1.807) is 4.90 Å². The van der Waals surface area contributed by atoms with Gasteiger partial charge in [0.2, 0.25) is 0 Å². The maximum Gasteiger partial charge on any atom is 0.255 e.